The van der Waals surface area contributed by atoms with Crippen molar-refractivity contribution in [1.29, 1.82) is 0 Å². The SMILES string of the molecule is CC(C)(C)NC(=O)c1cc(Cl)c(O)c(Cl)c1. The molecule has 2 N–H and O–H groups in total. The summed E-state index contributed by atoms with van der Waals surface area (Å²) >= 11 is 11.4. The highest BCUT2D eigenvalue weighted by Gasteiger charge is 2.17. The Balaban J connectivity index is 3.02. The number of nitrogens with one attached hydrogen (secondary N) is 1. The van der Waals surface area contributed by atoms with Gasteiger partial charge in [0.05, 0.1) is 10.0 Å². The van der Waals surface area contributed by atoms with E-state index in [0.717, 1.165) is 0 Å². The molecule has 0 saturated carbocycles. The summed E-state index contributed by atoms with van der Waals surface area (Å²) in [5.74, 6) is -0.494. The predicted octanol–water partition coefficient (Wildman–Crippen LogP) is 3.23. The molecule has 16 heavy (non-hydrogen) atoms. The number of phenols is 1. The van der Waals surface area contributed by atoms with Crippen LogP contribution in [0.25, 0.3) is 0 Å². The second-order valence-electron chi connectivity index (χ2n) is 4.49. The highest BCUT2D eigenvalue weighted by Crippen LogP contribution is 2.32. The van der Waals surface area contributed by atoms with Gasteiger partial charge in [-0.2, -0.15) is 0 Å². The molecule has 0 aliphatic rings. The molecule has 5 heteroatoms. The first-order valence-corrected chi connectivity index (χ1v) is 5.47. The average Bonchev–Trinajstić information content (AvgIpc) is 2.10. The maximum Gasteiger partial charge on any atom is 0.251 e. The molecule has 1 aromatic carbocycles. The van der Waals surface area contributed by atoms with Gasteiger partial charge < -0.3 is 10.4 Å². The lowest BCUT2D eigenvalue weighted by Crippen LogP contribution is -2.40. The van der Waals surface area contributed by atoms with Gasteiger partial charge >= 0.3 is 0 Å². The number of benzene rings is 1. The number of carbonyl (C=O) groups excluding carboxylic acids is 1. The summed E-state index contributed by atoms with van der Waals surface area (Å²) in [7, 11) is 0. The van der Waals surface area contributed by atoms with Crippen molar-refractivity contribution in [3.05, 3.63) is 27.7 Å². The second-order valence-corrected chi connectivity index (χ2v) is 5.31. The van der Waals surface area contributed by atoms with E-state index < -0.39 is 0 Å². The number of aromatic hydroxyl groups is 1. The molecular formula is C11H13Cl2NO2. The molecule has 0 unspecified atom stereocenters. The van der Waals surface area contributed by atoms with Crippen molar-refractivity contribution < 1.29 is 9.90 Å². The van der Waals surface area contributed by atoms with Crippen molar-refractivity contribution in [3.63, 3.8) is 0 Å². The minimum Gasteiger partial charge on any atom is -0.505 e. The third-order valence-corrected chi connectivity index (χ3v) is 2.34. The van der Waals surface area contributed by atoms with Gasteiger partial charge in [-0.25, -0.2) is 0 Å². The summed E-state index contributed by atoms with van der Waals surface area (Å²) in [6.07, 6.45) is 0. The molecule has 0 fully saturated rings. The van der Waals surface area contributed by atoms with Crippen LogP contribution in [0.4, 0.5) is 0 Å². The van der Waals surface area contributed by atoms with Crippen molar-refractivity contribution in [1.82, 2.24) is 5.32 Å². The van der Waals surface area contributed by atoms with E-state index in [1.54, 1.807) is 0 Å². The van der Waals surface area contributed by atoms with E-state index in [1.807, 2.05) is 20.8 Å². The molecule has 0 aliphatic heterocycles. The first-order valence-electron chi connectivity index (χ1n) is 4.71. The molecule has 0 aliphatic carbocycles. The molecular weight excluding hydrogens is 249 g/mol. The zero-order valence-electron chi connectivity index (χ0n) is 9.27. The summed E-state index contributed by atoms with van der Waals surface area (Å²) in [5.41, 5.74) is -0.0174. The molecule has 0 aromatic heterocycles. The largest absolute Gasteiger partial charge is 0.505 e. The summed E-state index contributed by atoms with van der Waals surface area (Å²) < 4.78 is 0. The van der Waals surface area contributed by atoms with Crippen LogP contribution >= 0.6 is 23.2 Å². The Morgan fingerprint density at radius 1 is 1.25 bits per heavy atom. The zero-order valence-corrected chi connectivity index (χ0v) is 10.8. The van der Waals surface area contributed by atoms with Crippen LogP contribution in [0.3, 0.4) is 0 Å². The monoisotopic (exact) mass is 261 g/mol. The fourth-order valence-electron chi connectivity index (χ4n) is 1.11. The summed E-state index contributed by atoms with van der Waals surface area (Å²) in [6.45, 7) is 5.61. The second kappa shape index (κ2) is 4.52. The van der Waals surface area contributed by atoms with Crippen LogP contribution in [0.2, 0.25) is 10.0 Å². The van der Waals surface area contributed by atoms with E-state index in [1.165, 1.54) is 12.1 Å². The van der Waals surface area contributed by atoms with E-state index in [2.05, 4.69) is 5.32 Å². The van der Waals surface area contributed by atoms with Gasteiger partial charge in [-0.05, 0) is 32.9 Å². The van der Waals surface area contributed by atoms with Crippen molar-refractivity contribution in [2.75, 3.05) is 0 Å². The molecule has 0 bridgehead atoms. The number of halogens is 2. The Kier molecular flexibility index (Phi) is 3.71. The Bertz CT molecular complexity index is 401. The van der Waals surface area contributed by atoms with E-state index in [-0.39, 0.29) is 27.2 Å². The van der Waals surface area contributed by atoms with Gasteiger partial charge in [-0.1, -0.05) is 23.2 Å². The van der Waals surface area contributed by atoms with Crippen LogP contribution in [0.1, 0.15) is 31.1 Å². The maximum absolute atomic E-state index is 11.8. The van der Waals surface area contributed by atoms with E-state index in [4.69, 9.17) is 23.2 Å². The molecule has 1 amide bonds. The number of hydrogen-bond donors (Lipinski definition) is 2. The van der Waals surface area contributed by atoms with Gasteiger partial charge in [0, 0.05) is 11.1 Å². The maximum atomic E-state index is 11.8. The first-order chi connectivity index (χ1) is 7.20. The number of phenolic OH excluding ortho intramolecular Hbond substituents is 1. The number of amides is 1. The third-order valence-electron chi connectivity index (χ3n) is 1.77. The quantitative estimate of drug-likeness (QED) is 0.816. The van der Waals surface area contributed by atoms with Crippen LogP contribution < -0.4 is 5.32 Å². The highest BCUT2D eigenvalue weighted by atomic mass is 35.5. The lowest BCUT2D eigenvalue weighted by molar-refractivity contribution is 0.0919. The van der Waals surface area contributed by atoms with Crippen LogP contribution in [0.15, 0.2) is 12.1 Å². The smallest absolute Gasteiger partial charge is 0.251 e. The molecule has 1 aromatic rings. The average molecular weight is 262 g/mol. The minimum atomic E-state index is -0.339. The standard InChI is InChI=1S/C11H13Cl2NO2/c1-11(2,3)14-10(16)6-4-7(12)9(15)8(13)5-6/h4-5,15H,1-3H3,(H,14,16). The Labute approximate surface area is 104 Å². The van der Waals surface area contributed by atoms with Crippen molar-refractivity contribution in [2.24, 2.45) is 0 Å². The van der Waals surface area contributed by atoms with E-state index in [9.17, 15) is 9.90 Å². The normalized spacial score (nSPS) is 11.3. The number of hydrogen-bond acceptors (Lipinski definition) is 2. The first kappa shape index (κ1) is 13.1. The van der Waals surface area contributed by atoms with Crippen molar-refractivity contribution in [3.8, 4) is 5.75 Å². The number of carbonyl (C=O) groups is 1. The molecule has 0 heterocycles. The van der Waals surface area contributed by atoms with Gasteiger partial charge in [0.15, 0.2) is 5.75 Å². The molecule has 3 nitrogen and oxygen atoms in total. The lowest BCUT2D eigenvalue weighted by Gasteiger charge is -2.20. The summed E-state index contributed by atoms with van der Waals surface area (Å²) in [6, 6.07) is 2.76. The van der Waals surface area contributed by atoms with Gasteiger partial charge in [-0.15, -0.1) is 0 Å². The fraction of sp³-hybridized carbons (Fsp3) is 0.364. The van der Waals surface area contributed by atoms with Crippen molar-refractivity contribution in [2.45, 2.75) is 26.3 Å². The Morgan fingerprint density at radius 2 is 1.69 bits per heavy atom. The molecule has 0 atom stereocenters. The predicted molar refractivity (Wildman–Crippen MR) is 65.3 cm³/mol. The fourth-order valence-corrected chi connectivity index (χ4v) is 1.60. The van der Waals surface area contributed by atoms with E-state index in [0.29, 0.717) is 5.56 Å². The summed E-state index contributed by atoms with van der Waals surface area (Å²) in [5, 5.41) is 12.2. The lowest BCUT2D eigenvalue weighted by atomic mass is 10.1. The number of rotatable bonds is 1. The topological polar surface area (TPSA) is 49.3 Å². The molecule has 1 rings (SSSR count). The van der Waals surface area contributed by atoms with Crippen LogP contribution in [0.5, 0.6) is 5.75 Å². The van der Waals surface area contributed by atoms with Crippen LogP contribution in [0, 0.1) is 0 Å². The molecule has 0 radical (unpaired) electrons. The Hall–Kier alpha value is -0.930. The zero-order chi connectivity index (χ0) is 12.5. The highest BCUT2D eigenvalue weighted by molar-refractivity contribution is 6.37. The van der Waals surface area contributed by atoms with Gasteiger partial charge in [0.1, 0.15) is 0 Å². The third kappa shape index (κ3) is 3.29. The van der Waals surface area contributed by atoms with E-state index >= 15 is 0 Å². The van der Waals surface area contributed by atoms with Gasteiger partial charge in [-0.3, -0.25) is 4.79 Å². The Morgan fingerprint density at radius 3 is 2.06 bits per heavy atom. The van der Waals surface area contributed by atoms with Crippen LogP contribution in [-0.4, -0.2) is 16.6 Å². The molecule has 0 spiro atoms. The summed E-state index contributed by atoms with van der Waals surface area (Å²) in [4.78, 5) is 11.8. The van der Waals surface area contributed by atoms with Crippen molar-refractivity contribution >= 4 is 29.1 Å². The van der Waals surface area contributed by atoms with Crippen LogP contribution in [-0.2, 0) is 0 Å². The minimum absolute atomic E-state index is 0.0616. The van der Waals surface area contributed by atoms with Gasteiger partial charge in [0.2, 0.25) is 0 Å². The molecule has 88 valence electrons. The molecule has 0 saturated heterocycles. The van der Waals surface area contributed by atoms with Gasteiger partial charge in [0.25, 0.3) is 5.91 Å².